The number of rotatable bonds is 9. The Balaban J connectivity index is 1.71. The van der Waals surface area contributed by atoms with Gasteiger partial charge in [-0.1, -0.05) is 41.4 Å². The quantitative estimate of drug-likeness (QED) is 0.658. The molecule has 4 nitrogen and oxygen atoms in total. The molecular formula is C19H20Cl2F2N2O2. The van der Waals surface area contributed by atoms with Crippen LogP contribution in [0.15, 0.2) is 42.5 Å². The molecule has 0 spiro atoms. The highest BCUT2D eigenvalue weighted by molar-refractivity contribution is 6.42. The Labute approximate surface area is 167 Å². The first kappa shape index (κ1) is 21.4. The van der Waals surface area contributed by atoms with Gasteiger partial charge >= 0.3 is 6.61 Å². The summed E-state index contributed by atoms with van der Waals surface area (Å²) in [5.41, 5.74) is 1.88. The van der Waals surface area contributed by atoms with Crippen LogP contribution in [-0.2, 0) is 17.8 Å². The smallest absolute Gasteiger partial charge is 0.387 e. The molecule has 146 valence electrons. The lowest BCUT2D eigenvalue weighted by Gasteiger charge is -2.16. The summed E-state index contributed by atoms with van der Waals surface area (Å²) in [5.74, 6) is 0.0110. The van der Waals surface area contributed by atoms with Gasteiger partial charge in [0.15, 0.2) is 0 Å². The number of benzene rings is 2. The first-order valence-corrected chi connectivity index (χ1v) is 9.02. The van der Waals surface area contributed by atoms with Crippen LogP contribution in [0.3, 0.4) is 0 Å². The van der Waals surface area contributed by atoms with Crippen molar-refractivity contribution < 1.29 is 18.3 Å². The van der Waals surface area contributed by atoms with Crippen LogP contribution in [0.1, 0.15) is 11.1 Å². The van der Waals surface area contributed by atoms with Gasteiger partial charge in [0, 0.05) is 13.1 Å². The zero-order chi connectivity index (χ0) is 19.8. The molecule has 0 saturated heterocycles. The summed E-state index contributed by atoms with van der Waals surface area (Å²) in [6.07, 6.45) is 0.594. The zero-order valence-corrected chi connectivity index (χ0v) is 16.2. The van der Waals surface area contributed by atoms with Crippen LogP contribution < -0.4 is 10.1 Å². The topological polar surface area (TPSA) is 41.6 Å². The van der Waals surface area contributed by atoms with Crippen LogP contribution in [0.5, 0.6) is 5.75 Å². The Kier molecular flexibility index (Phi) is 8.28. The van der Waals surface area contributed by atoms with Crippen LogP contribution in [0, 0.1) is 0 Å². The highest BCUT2D eigenvalue weighted by Crippen LogP contribution is 2.23. The van der Waals surface area contributed by atoms with Gasteiger partial charge in [0.05, 0.1) is 16.6 Å². The maximum atomic E-state index is 12.1. The van der Waals surface area contributed by atoms with Crippen molar-refractivity contribution in [3.8, 4) is 5.75 Å². The number of hydrogen-bond donors (Lipinski definition) is 1. The molecule has 1 amide bonds. The lowest BCUT2D eigenvalue weighted by atomic mass is 10.1. The number of halogens is 4. The normalized spacial score (nSPS) is 11.1. The number of ether oxygens (including phenoxy) is 1. The van der Waals surface area contributed by atoms with E-state index < -0.39 is 6.61 Å². The summed E-state index contributed by atoms with van der Waals surface area (Å²) in [5, 5.41) is 3.81. The summed E-state index contributed by atoms with van der Waals surface area (Å²) >= 11 is 11.9. The predicted octanol–water partition coefficient (Wildman–Crippen LogP) is 4.39. The molecule has 0 aliphatic carbocycles. The van der Waals surface area contributed by atoms with E-state index in [1.54, 1.807) is 24.3 Å². The van der Waals surface area contributed by atoms with Crippen LogP contribution in [0.2, 0.25) is 10.0 Å². The molecular weight excluding hydrogens is 397 g/mol. The fraction of sp³-hybridized carbons (Fsp3) is 0.316. The summed E-state index contributed by atoms with van der Waals surface area (Å²) < 4.78 is 28.5. The predicted molar refractivity (Wildman–Crippen MR) is 103 cm³/mol. The Hall–Kier alpha value is -1.89. The van der Waals surface area contributed by atoms with E-state index >= 15 is 0 Å². The molecule has 0 aliphatic heterocycles. The van der Waals surface area contributed by atoms with Gasteiger partial charge in [-0.25, -0.2) is 0 Å². The summed E-state index contributed by atoms with van der Waals surface area (Å²) in [6.45, 7) is -1.58. The fourth-order valence-corrected chi connectivity index (χ4v) is 2.81. The van der Waals surface area contributed by atoms with Gasteiger partial charge in [-0.15, -0.1) is 0 Å². The third-order valence-electron chi connectivity index (χ3n) is 3.73. The van der Waals surface area contributed by atoms with Crippen LogP contribution in [0.25, 0.3) is 0 Å². The SMILES string of the molecule is CN(CC(=O)NCCc1ccc(OC(F)F)cc1)Cc1ccc(Cl)c(Cl)c1. The van der Waals surface area contributed by atoms with E-state index in [1.165, 1.54) is 12.1 Å². The van der Waals surface area contributed by atoms with Crippen molar-refractivity contribution in [1.29, 1.82) is 0 Å². The van der Waals surface area contributed by atoms with Gasteiger partial charge in [-0.3, -0.25) is 9.69 Å². The van der Waals surface area contributed by atoms with E-state index in [1.807, 2.05) is 18.0 Å². The van der Waals surface area contributed by atoms with E-state index in [0.29, 0.717) is 29.6 Å². The monoisotopic (exact) mass is 416 g/mol. The van der Waals surface area contributed by atoms with E-state index in [-0.39, 0.29) is 18.2 Å². The molecule has 0 heterocycles. The average Bonchev–Trinajstić information content (AvgIpc) is 2.59. The first-order valence-electron chi connectivity index (χ1n) is 8.26. The van der Waals surface area contributed by atoms with E-state index in [0.717, 1.165) is 11.1 Å². The van der Waals surface area contributed by atoms with E-state index in [9.17, 15) is 13.6 Å². The second-order valence-corrected chi connectivity index (χ2v) is 6.86. The van der Waals surface area contributed by atoms with Crippen molar-refractivity contribution in [3.05, 3.63) is 63.6 Å². The molecule has 8 heteroatoms. The Bertz CT molecular complexity index is 758. The zero-order valence-electron chi connectivity index (χ0n) is 14.7. The number of hydrogen-bond acceptors (Lipinski definition) is 3. The fourth-order valence-electron chi connectivity index (χ4n) is 2.49. The van der Waals surface area contributed by atoms with Crippen molar-refractivity contribution in [2.45, 2.75) is 19.6 Å². The average molecular weight is 417 g/mol. The van der Waals surface area contributed by atoms with E-state index in [4.69, 9.17) is 23.2 Å². The van der Waals surface area contributed by atoms with Crippen molar-refractivity contribution in [2.24, 2.45) is 0 Å². The van der Waals surface area contributed by atoms with Crippen LogP contribution >= 0.6 is 23.2 Å². The van der Waals surface area contributed by atoms with Crippen molar-refractivity contribution in [2.75, 3.05) is 20.1 Å². The molecule has 0 unspecified atom stereocenters. The minimum Gasteiger partial charge on any atom is -0.435 e. The number of alkyl halides is 2. The minimum atomic E-state index is -2.84. The van der Waals surface area contributed by atoms with E-state index in [2.05, 4.69) is 10.1 Å². The van der Waals surface area contributed by atoms with Crippen LogP contribution in [0.4, 0.5) is 8.78 Å². The van der Waals surface area contributed by atoms with Crippen molar-refractivity contribution >= 4 is 29.1 Å². The lowest BCUT2D eigenvalue weighted by molar-refractivity contribution is -0.122. The number of nitrogens with one attached hydrogen (secondary N) is 1. The summed E-state index contributed by atoms with van der Waals surface area (Å²) in [6, 6.07) is 11.7. The summed E-state index contributed by atoms with van der Waals surface area (Å²) in [7, 11) is 1.84. The Morgan fingerprint density at radius 1 is 1.11 bits per heavy atom. The Morgan fingerprint density at radius 3 is 2.41 bits per heavy atom. The number of amides is 1. The largest absolute Gasteiger partial charge is 0.435 e. The highest BCUT2D eigenvalue weighted by atomic mass is 35.5. The Morgan fingerprint density at radius 2 is 1.78 bits per heavy atom. The first-order chi connectivity index (χ1) is 12.8. The molecule has 2 aromatic carbocycles. The van der Waals surface area contributed by atoms with Crippen molar-refractivity contribution in [1.82, 2.24) is 10.2 Å². The highest BCUT2D eigenvalue weighted by Gasteiger charge is 2.08. The molecule has 0 fully saturated rings. The number of nitrogens with zero attached hydrogens (tertiary/aromatic N) is 1. The second-order valence-electron chi connectivity index (χ2n) is 6.04. The summed E-state index contributed by atoms with van der Waals surface area (Å²) in [4.78, 5) is 13.9. The third-order valence-corrected chi connectivity index (χ3v) is 4.47. The number of carbonyl (C=O) groups is 1. The number of likely N-dealkylation sites (N-methyl/N-ethyl adjacent to an activating group) is 1. The molecule has 0 saturated carbocycles. The van der Waals surface area contributed by atoms with Gasteiger partial charge < -0.3 is 10.1 Å². The van der Waals surface area contributed by atoms with Gasteiger partial charge in [0.1, 0.15) is 5.75 Å². The molecule has 27 heavy (non-hydrogen) atoms. The van der Waals surface area contributed by atoms with Gasteiger partial charge in [0.2, 0.25) is 5.91 Å². The van der Waals surface area contributed by atoms with Crippen molar-refractivity contribution in [3.63, 3.8) is 0 Å². The molecule has 2 aromatic rings. The van der Waals surface area contributed by atoms with Crippen LogP contribution in [-0.4, -0.2) is 37.6 Å². The lowest BCUT2D eigenvalue weighted by Crippen LogP contribution is -2.35. The maximum Gasteiger partial charge on any atom is 0.387 e. The third kappa shape index (κ3) is 7.71. The standard InChI is InChI=1S/C19H20Cl2F2N2O2/c1-25(11-14-4-7-16(20)17(21)10-14)12-18(26)24-9-8-13-2-5-15(6-3-13)27-19(22)23/h2-7,10,19H,8-9,11-12H2,1H3,(H,24,26). The molecule has 0 aromatic heterocycles. The number of carbonyl (C=O) groups excluding carboxylic acids is 1. The molecule has 0 bridgehead atoms. The maximum absolute atomic E-state index is 12.1. The van der Waals surface area contributed by atoms with Gasteiger partial charge in [0.25, 0.3) is 0 Å². The molecule has 2 rings (SSSR count). The minimum absolute atomic E-state index is 0.102. The molecule has 0 radical (unpaired) electrons. The molecule has 1 N–H and O–H groups in total. The van der Waals surface area contributed by atoms with Gasteiger partial charge in [-0.2, -0.15) is 8.78 Å². The second kappa shape index (κ2) is 10.4. The molecule has 0 atom stereocenters. The van der Waals surface area contributed by atoms with Gasteiger partial charge in [-0.05, 0) is 48.9 Å². The molecule has 0 aliphatic rings.